The van der Waals surface area contributed by atoms with E-state index in [1.165, 1.54) is 12.1 Å². The summed E-state index contributed by atoms with van der Waals surface area (Å²) < 4.78 is 13.3. The first-order valence-electron chi connectivity index (χ1n) is 14.2. The smallest absolute Gasteiger partial charge is 0.303 e. The molecule has 8 heteroatoms. The topological polar surface area (TPSA) is 85.5 Å². The first kappa shape index (κ1) is 34.1. The molecule has 2 unspecified atom stereocenters. The Hall–Kier alpha value is -3.13. The molecule has 0 fully saturated rings. The zero-order chi connectivity index (χ0) is 30.2. The van der Waals surface area contributed by atoms with Gasteiger partial charge in [0.2, 0.25) is 0 Å². The minimum Gasteiger partial charge on any atom is -0.481 e. The molecule has 0 aliphatic rings. The zero-order valence-electron chi connectivity index (χ0n) is 24.6. The molecule has 2 N–H and O–H groups in total. The van der Waals surface area contributed by atoms with Crippen LogP contribution in [0.3, 0.4) is 0 Å². The van der Waals surface area contributed by atoms with Gasteiger partial charge in [-0.2, -0.15) is 0 Å². The van der Waals surface area contributed by atoms with Crippen LogP contribution in [-0.4, -0.2) is 52.3 Å². The van der Waals surface area contributed by atoms with Crippen molar-refractivity contribution < 1.29 is 19.4 Å². The van der Waals surface area contributed by atoms with Crippen LogP contribution in [0.1, 0.15) is 83.3 Å². The highest BCUT2D eigenvalue weighted by Crippen LogP contribution is 2.22. The van der Waals surface area contributed by atoms with Crippen LogP contribution >= 0.6 is 11.6 Å². The van der Waals surface area contributed by atoms with Crippen LogP contribution < -0.4 is 0 Å². The van der Waals surface area contributed by atoms with Gasteiger partial charge in [-0.1, -0.05) is 61.9 Å². The van der Waals surface area contributed by atoms with Crippen molar-refractivity contribution in [1.29, 1.82) is 0 Å². The summed E-state index contributed by atoms with van der Waals surface area (Å²) in [6, 6.07) is 14.1. The Balaban J connectivity index is 2.16. The molecule has 41 heavy (non-hydrogen) atoms. The molecule has 0 aliphatic heterocycles. The second-order valence-electron chi connectivity index (χ2n) is 10.0. The molecule has 0 aromatic heterocycles. The van der Waals surface area contributed by atoms with Crippen molar-refractivity contribution in [1.82, 2.24) is 4.90 Å². The maximum atomic E-state index is 13.3. The molecule has 222 valence electrons. The Morgan fingerprint density at radius 3 is 2.39 bits per heavy atom. The number of hydrogen-bond acceptors (Lipinski definition) is 5. The van der Waals surface area contributed by atoms with E-state index in [0.29, 0.717) is 48.8 Å². The number of carboxylic acid groups (broad SMARTS) is 1. The highest BCUT2D eigenvalue weighted by Gasteiger charge is 2.16. The summed E-state index contributed by atoms with van der Waals surface area (Å²) in [4.78, 5) is 22.3. The molecular formula is C33H43ClFN3O3. The second-order valence-corrected chi connectivity index (χ2v) is 10.4. The monoisotopic (exact) mass is 583 g/mol. The van der Waals surface area contributed by atoms with Crippen LogP contribution in [0.25, 0.3) is 0 Å². The Morgan fingerprint density at radius 1 is 1.10 bits per heavy atom. The predicted octanol–water partition coefficient (Wildman–Crippen LogP) is 8.02. The second kappa shape index (κ2) is 18.3. The maximum Gasteiger partial charge on any atom is 0.303 e. The van der Waals surface area contributed by atoms with E-state index in [4.69, 9.17) is 21.7 Å². The van der Waals surface area contributed by atoms with E-state index in [9.17, 15) is 14.3 Å². The molecule has 0 saturated carbocycles. The van der Waals surface area contributed by atoms with Crippen molar-refractivity contribution in [3.05, 3.63) is 94.0 Å². The quantitative estimate of drug-likeness (QED) is 0.0854. The molecule has 0 bridgehead atoms. The normalized spacial score (nSPS) is 14.6. The Bertz CT molecular complexity index is 1210. The molecule has 2 aromatic carbocycles. The zero-order valence-corrected chi connectivity index (χ0v) is 25.3. The first-order valence-corrected chi connectivity index (χ1v) is 14.6. The number of aliphatic hydroxyl groups is 1. The number of aliphatic imine (C=N–C) groups is 2. The third kappa shape index (κ3) is 12.5. The van der Waals surface area contributed by atoms with Gasteiger partial charge in [-0.3, -0.25) is 19.7 Å². The predicted molar refractivity (Wildman–Crippen MR) is 167 cm³/mol. The van der Waals surface area contributed by atoms with Gasteiger partial charge in [-0.05, 0) is 87.4 Å². The number of benzene rings is 2. The molecule has 2 rings (SSSR count). The maximum absolute atomic E-state index is 13.3. The molecule has 0 aliphatic carbocycles. The van der Waals surface area contributed by atoms with Gasteiger partial charge in [0.15, 0.2) is 0 Å². The van der Waals surface area contributed by atoms with Crippen LogP contribution in [0.2, 0.25) is 5.02 Å². The van der Waals surface area contributed by atoms with Crippen molar-refractivity contribution in [2.45, 2.75) is 78.4 Å². The average Bonchev–Trinajstić information content (AvgIpc) is 2.95. The SMILES string of the molecule is C/C=C(N=C(C)c1ccc(Cl)cc1)\C(=C/CC(O)N(CC)CCC(C)c1ccc(F)cc1)N=CCCCCC(=O)O. The molecule has 2 aromatic rings. The summed E-state index contributed by atoms with van der Waals surface area (Å²) >= 11 is 6.04. The van der Waals surface area contributed by atoms with Crippen molar-refractivity contribution in [2.75, 3.05) is 13.1 Å². The molecule has 0 amide bonds. The number of carboxylic acids is 1. The minimum atomic E-state index is -0.799. The van der Waals surface area contributed by atoms with E-state index in [0.717, 1.165) is 29.7 Å². The highest BCUT2D eigenvalue weighted by atomic mass is 35.5. The van der Waals surface area contributed by atoms with Gasteiger partial charge in [0.1, 0.15) is 12.0 Å². The van der Waals surface area contributed by atoms with Crippen LogP contribution in [0.15, 0.2) is 82.1 Å². The van der Waals surface area contributed by atoms with E-state index in [1.807, 2.05) is 74.2 Å². The minimum absolute atomic E-state index is 0.139. The lowest BCUT2D eigenvalue weighted by Crippen LogP contribution is -2.36. The Labute approximate surface area is 249 Å². The van der Waals surface area contributed by atoms with E-state index >= 15 is 0 Å². The van der Waals surface area contributed by atoms with Crippen molar-refractivity contribution >= 4 is 29.5 Å². The molecule has 0 heterocycles. The van der Waals surface area contributed by atoms with Gasteiger partial charge in [0.05, 0.1) is 11.4 Å². The van der Waals surface area contributed by atoms with E-state index in [-0.39, 0.29) is 18.2 Å². The molecule has 2 atom stereocenters. The van der Waals surface area contributed by atoms with Crippen molar-refractivity contribution in [2.24, 2.45) is 9.98 Å². The number of allylic oxidation sites excluding steroid dienone is 1. The number of halogens is 2. The van der Waals surface area contributed by atoms with Crippen LogP contribution in [0, 0.1) is 5.82 Å². The van der Waals surface area contributed by atoms with Crippen LogP contribution in [0.4, 0.5) is 4.39 Å². The summed E-state index contributed by atoms with van der Waals surface area (Å²) in [5.74, 6) is -0.814. The van der Waals surface area contributed by atoms with Crippen LogP contribution in [-0.2, 0) is 4.79 Å². The summed E-state index contributed by atoms with van der Waals surface area (Å²) in [6.45, 7) is 9.32. The number of nitrogens with zero attached hydrogens (tertiary/aromatic N) is 3. The molecular weight excluding hydrogens is 541 g/mol. The third-order valence-electron chi connectivity index (χ3n) is 6.93. The van der Waals surface area contributed by atoms with E-state index in [2.05, 4.69) is 11.9 Å². The summed E-state index contributed by atoms with van der Waals surface area (Å²) in [5.41, 5.74) is 4.15. The fourth-order valence-electron chi connectivity index (χ4n) is 4.31. The molecule has 0 saturated heterocycles. The number of aliphatic carboxylic acids is 1. The van der Waals surface area contributed by atoms with E-state index in [1.54, 1.807) is 6.21 Å². The van der Waals surface area contributed by atoms with Gasteiger partial charge >= 0.3 is 5.97 Å². The number of carbonyl (C=O) groups is 1. The molecule has 6 nitrogen and oxygen atoms in total. The number of aliphatic hydroxyl groups excluding tert-OH is 1. The highest BCUT2D eigenvalue weighted by molar-refractivity contribution is 6.30. The van der Waals surface area contributed by atoms with Crippen LogP contribution in [0.5, 0.6) is 0 Å². The largest absolute Gasteiger partial charge is 0.481 e. The lowest BCUT2D eigenvalue weighted by atomic mass is 9.97. The Kier molecular flexibility index (Phi) is 15.2. The third-order valence-corrected chi connectivity index (χ3v) is 7.18. The lowest BCUT2D eigenvalue weighted by molar-refractivity contribution is -0.137. The Morgan fingerprint density at radius 2 is 1.78 bits per heavy atom. The number of unbranched alkanes of at least 4 members (excludes halogenated alkanes) is 2. The fourth-order valence-corrected chi connectivity index (χ4v) is 4.43. The van der Waals surface area contributed by atoms with E-state index < -0.39 is 12.2 Å². The summed E-state index contributed by atoms with van der Waals surface area (Å²) in [5, 5.41) is 20.6. The van der Waals surface area contributed by atoms with Gasteiger partial charge in [-0.15, -0.1) is 0 Å². The van der Waals surface area contributed by atoms with Gasteiger partial charge in [0.25, 0.3) is 0 Å². The molecule has 0 spiro atoms. The fraction of sp³-hybridized carbons (Fsp3) is 0.424. The average molecular weight is 584 g/mol. The van der Waals surface area contributed by atoms with Gasteiger partial charge < -0.3 is 10.2 Å². The lowest BCUT2D eigenvalue weighted by Gasteiger charge is -2.27. The van der Waals surface area contributed by atoms with Gasteiger partial charge in [-0.25, -0.2) is 4.39 Å². The summed E-state index contributed by atoms with van der Waals surface area (Å²) in [7, 11) is 0. The summed E-state index contributed by atoms with van der Waals surface area (Å²) in [6.07, 6.45) is 8.15. The standard InChI is InChI=1S/C33H43ClFN3O3/c1-5-30(37-25(4)27-11-15-28(34)16-12-27)31(36-22-9-7-8-10-33(40)41)19-20-32(39)38(6-2)23-21-24(3)26-13-17-29(35)18-14-26/h5,11-19,22,24,32,39H,6-10,20-21,23H2,1-4H3,(H,40,41)/b30-5+,31-19+,36-22?,37-25?. The first-order chi connectivity index (χ1) is 19.6. The van der Waals surface area contributed by atoms with Crippen molar-refractivity contribution in [3.8, 4) is 0 Å². The van der Waals surface area contributed by atoms with Crippen molar-refractivity contribution in [3.63, 3.8) is 0 Å². The molecule has 0 radical (unpaired) electrons. The van der Waals surface area contributed by atoms with Gasteiger partial charge in [0, 0.05) is 36.3 Å². The number of rotatable bonds is 17. The number of hydrogen-bond donors (Lipinski definition) is 2.